The van der Waals surface area contributed by atoms with Gasteiger partial charge in [-0.1, -0.05) is 37.1 Å². The van der Waals surface area contributed by atoms with Crippen molar-refractivity contribution in [3.05, 3.63) is 60.9 Å². The van der Waals surface area contributed by atoms with Crippen LogP contribution in [0.5, 0.6) is 5.88 Å². The van der Waals surface area contributed by atoms with E-state index in [4.69, 9.17) is 23.9 Å². The Balaban J connectivity index is 1.05. The molecule has 2 aliphatic heterocycles. The zero-order chi connectivity index (χ0) is 40.9. The summed E-state index contributed by atoms with van der Waals surface area (Å²) in [4.78, 5) is 67.5. The molecule has 3 aliphatic carbocycles. The van der Waals surface area contributed by atoms with Crippen LogP contribution >= 0.6 is 0 Å². The van der Waals surface area contributed by atoms with E-state index in [0.717, 1.165) is 44.0 Å². The number of furan rings is 1. The highest BCUT2D eigenvalue weighted by Crippen LogP contribution is 2.47. The molecule has 4 fully saturated rings. The predicted molar refractivity (Wildman–Crippen MR) is 214 cm³/mol. The fourth-order valence-electron chi connectivity index (χ4n) is 8.72. The first-order valence-electron chi connectivity index (χ1n) is 20.7. The lowest BCUT2D eigenvalue weighted by atomic mass is 10.0. The number of carbonyl (C=O) groups excluding carboxylic acids is 4. The first-order chi connectivity index (χ1) is 28.4. The zero-order valence-electron chi connectivity index (χ0n) is 32.9. The average molecular weight is 828 g/mol. The van der Waals surface area contributed by atoms with Crippen LogP contribution in [-0.2, 0) is 29.1 Å². The molecule has 9 rings (SSSR count). The first kappa shape index (κ1) is 39.0. The van der Waals surface area contributed by atoms with Gasteiger partial charge in [0, 0.05) is 18.4 Å². The highest BCUT2D eigenvalue weighted by molar-refractivity contribution is 7.91. The number of hydrogen-bond acceptors (Lipinski definition) is 11. The van der Waals surface area contributed by atoms with Crippen molar-refractivity contribution in [1.29, 1.82) is 0 Å². The van der Waals surface area contributed by atoms with Crippen molar-refractivity contribution in [2.45, 2.75) is 125 Å². The SMILES string of the molecule is CC1(S(=O)(=O)NC(=O)[C@@]23C[C@@H]2/C=C\CCCCC[C@H](NC(=O)OC2CCCC2)C(=O)N2C[C@H](Oc4cc(-c5ccco5)nc5nc6ccccc6n45)C[C@H]2C(=O)N3)CC1. The number of nitrogens with zero attached hydrogens (tertiary/aromatic N) is 4. The lowest BCUT2D eigenvalue weighted by Crippen LogP contribution is -2.58. The van der Waals surface area contributed by atoms with Gasteiger partial charge in [0.05, 0.1) is 28.6 Å². The number of hydrogen-bond donors (Lipinski definition) is 3. The molecule has 0 spiro atoms. The highest BCUT2D eigenvalue weighted by Gasteiger charge is 2.63. The molecule has 17 heteroatoms. The Morgan fingerprint density at radius 3 is 2.56 bits per heavy atom. The van der Waals surface area contributed by atoms with Crippen molar-refractivity contribution >= 4 is 50.6 Å². The number of carbonyl (C=O) groups is 4. The Bertz CT molecular complexity index is 2420. The van der Waals surface area contributed by atoms with Gasteiger partial charge in [0.2, 0.25) is 33.5 Å². The summed E-state index contributed by atoms with van der Waals surface area (Å²) >= 11 is 0. The molecule has 5 atom stereocenters. The van der Waals surface area contributed by atoms with E-state index in [-0.39, 0.29) is 25.5 Å². The molecular formula is C42H49N7O9S. The molecule has 5 aliphatic rings. The first-order valence-corrected chi connectivity index (χ1v) is 22.2. The van der Waals surface area contributed by atoms with Crippen molar-refractivity contribution in [3.8, 4) is 17.3 Å². The van der Waals surface area contributed by atoms with E-state index in [1.165, 1.54) is 4.90 Å². The Labute approximate surface area is 341 Å². The Morgan fingerprint density at radius 1 is 0.983 bits per heavy atom. The van der Waals surface area contributed by atoms with Crippen molar-refractivity contribution < 1.29 is 41.5 Å². The number of aromatic nitrogens is 3. The Morgan fingerprint density at radius 2 is 1.78 bits per heavy atom. The number of ether oxygens (including phenoxy) is 2. The lowest BCUT2D eigenvalue weighted by Gasteiger charge is -2.30. The van der Waals surface area contributed by atoms with Crippen LogP contribution in [-0.4, -0.2) is 92.6 Å². The second-order valence-electron chi connectivity index (χ2n) is 16.9. The number of sulfonamides is 1. The number of para-hydroxylation sites is 2. The molecule has 312 valence electrons. The van der Waals surface area contributed by atoms with E-state index in [1.807, 2.05) is 36.4 Å². The molecule has 0 bridgehead atoms. The molecule has 3 N–H and O–H groups in total. The topological polar surface area (TPSA) is 204 Å². The van der Waals surface area contributed by atoms with Gasteiger partial charge < -0.3 is 29.4 Å². The second-order valence-corrected chi connectivity index (χ2v) is 19.1. The third-order valence-electron chi connectivity index (χ3n) is 12.6. The minimum absolute atomic E-state index is 0.0257. The molecule has 1 aromatic carbocycles. The third-order valence-corrected chi connectivity index (χ3v) is 14.8. The van der Waals surface area contributed by atoms with Crippen molar-refractivity contribution in [3.63, 3.8) is 0 Å². The number of rotatable bonds is 8. The van der Waals surface area contributed by atoms with Crippen LogP contribution in [0.25, 0.3) is 28.3 Å². The van der Waals surface area contributed by atoms with E-state index >= 15 is 0 Å². The fraction of sp³-hybridized carbons (Fsp3) is 0.524. The maximum Gasteiger partial charge on any atom is 0.408 e. The maximum atomic E-state index is 14.8. The minimum atomic E-state index is -4.01. The quantitative estimate of drug-likeness (QED) is 0.204. The fourth-order valence-corrected chi connectivity index (χ4v) is 10.0. The summed E-state index contributed by atoms with van der Waals surface area (Å²) in [6, 6.07) is 10.6. The van der Waals surface area contributed by atoms with Crippen LogP contribution in [0, 0.1) is 5.92 Å². The summed E-state index contributed by atoms with van der Waals surface area (Å²) in [6.07, 6.45) is 11.5. The molecule has 0 unspecified atom stereocenters. The molecular weight excluding hydrogens is 779 g/mol. The normalized spacial score (nSPS) is 27.8. The van der Waals surface area contributed by atoms with Crippen LogP contribution < -0.4 is 20.1 Å². The maximum absolute atomic E-state index is 14.8. The number of alkyl carbamates (subject to hydrolysis) is 1. The monoisotopic (exact) mass is 827 g/mol. The number of allylic oxidation sites excluding steroid dienone is 1. The largest absolute Gasteiger partial charge is 0.473 e. The van der Waals surface area contributed by atoms with Crippen molar-refractivity contribution in [2.24, 2.45) is 5.92 Å². The van der Waals surface area contributed by atoms with Gasteiger partial charge in [0.1, 0.15) is 35.5 Å². The number of imidazole rings is 1. The number of amides is 4. The van der Waals surface area contributed by atoms with Crippen LogP contribution in [0.4, 0.5) is 4.79 Å². The summed E-state index contributed by atoms with van der Waals surface area (Å²) in [5, 5.41) is 5.75. The number of benzene rings is 1. The van der Waals surface area contributed by atoms with Gasteiger partial charge in [-0.05, 0) is 95.4 Å². The minimum Gasteiger partial charge on any atom is -0.473 e. The molecule has 4 amide bonds. The summed E-state index contributed by atoms with van der Waals surface area (Å²) < 4.78 is 47.6. The van der Waals surface area contributed by atoms with Gasteiger partial charge in [0.15, 0.2) is 5.76 Å². The van der Waals surface area contributed by atoms with Crippen molar-refractivity contribution in [2.75, 3.05) is 6.54 Å². The molecule has 5 heterocycles. The number of fused-ring (bicyclic) bond motifs is 5. The molecule has 1 saturated heterocycles. The third kappa shape index (κ3) is 7.64. The van der Waals surface area contributed by atoms with Crippen LogP contribution in [0.3, 0.4) is 0 Å². The second kappa shape index (κ2) is 15.3. The lowest BCUT2D eigenvalue weighted by molar-refractivity contribution is -0.141. The molecule has 16 nitrogen and oxygen atoms in total. The van der Waals surface area contributed by atoms with Crippen LogP contribution in [0.1, 0.15) is 90.4 Å². The molecule has 3 saturated carbocycles. The van der Waals surface area contributed by atoms with Gasteiger partial charge in [0.25, 0.3) is 5.91 Å². The number of nitrogens with one attached hydrogen (secondary N) is 3. The van der Waals surface area contributed by atoms with Crippen LogP contribution in [0.2, 0.25) is 0 Å². The van der Waals surface area contributed by atoms with E-state index in [1.54, 1.807) is 35.8 Å². The predicted octanol–water partition coefficient (Wildman–Crippen LogP) is 4.92. The molecule has 0 radical (unpaired) electrons. The van der Waals surface area contributed by atoms with Crippen molar-refractivity contribution in [1.82, 2.24) is 34.6 Å². The van der Waals surface area contributed by atoms with E-state index < -0.39 is 68.2 Å². The Hall–Kier alpha value is -5.45. The van der Waals surface area contributed by atoms with Gasteiger partial charge in [-0.25, -0.2) is 27.6 Å². The van der Waals surface area contributed by atoms with Crippen LogP contribution in [0.15, 0.2) is 65.3 Å². The smallest absolute Gasteiger partial charge is 0.408 e. The van der Waals surface area contributed by atoms with Gasteiger partial charge in [-0.15, -0.1) is 0 Å². The Kier molecular flexibility index (Phi) is 10.1. The van der Waals surface area contributed by atoms with Gasteiger partial charge >= 0.3 is 6.09 Å². The summed E-state index contributed by atoms with van der Waals surface area (Å²) in [5.74, 6) is -1.15. The van der Waals surface area contributed by atoms with Gasteiger partial charge in [-0.3, -0.25) is 19.1 Å². The summed E-state index contributed by atoms with van der Waals surface area (Å²) in [6.45, 7) is 1.56. The molecule has 59 heavy (non-hydrogen) atoms. The van der Waals surface area contributed by atoms with Gasteiger partial charge in [-0.2, -0.15) is 0 Å². The van der Waals surface area contributed by atoms with E-state index in [0.29, 0.717) is 60.7 Å². The van der Waals surface area contributed by atoms with E-state index in [9.17, 15) is 27.6 Å². The molecule has 4 aromatic rings. The standard InChI is InChI=1S/C42H49N7O9S/c1-41(19-20-41)59(54,55)47-38(52)42-24-26(42)12-5-3-2-4-6-16-30(45-40(53)58-27-13-7-8-14-27)37(51)48-25-28(22-33(48)36(50)46-42)57-35-23-31(34-18-11-21-56-34)44-39-43-29-15-9-10-17-32(29)49(35)39/h5,9-12,15,17-18,21,23,26-28,30,33H,2-4,6-8,13-14,16,19-20,22,24-25H2,1H3,(H,45,53)(H,46,50)(H,47,52)/b12-5-/t26-,28+,30-,33-,42+/m0/s1. The summed E-state index contributed by atoms with van der Waals surface area (Å²) in [5.41, 5.74) is 0.351. The zero-order valence-corrected chi connectivity index (χ0v) is 33.7. The van der Waals surface area contributed by atoms with E-state index in [2.05, 4.69) is 15.4 Å². The average Bonchev–Trinajstić information content (AvgIpc) is 3.69. The summed E-state index contributed by atoms with van der Waals surface area (Å²) in [7, 11) is -4.01. The molecule has 3 aromatic heterocycles. The highest BCUT2D eigenvalue weighted by atomic mass is 32.2.